The largest absolute Gasteiger partial charge is 0.413 e. The topological polar surface area (TPSA) is 90.4 Å². The number of imidazole rings is 1. The van der Waals surface area contributed by atoms with Gasteiger partial charge >= 0.3 is 5.82 Å². The van der Waals surface area contributed by atoms with Crippen LogP contribution >= 0.6 is 15.9 Å². The smallest absolute Gasteiger partial charge is 0.382 e. The molecule has 0 aliphatic carbocycles. The van der Waals surface area contributed by atoms with Crippen LogP contribution in [0.5, 0.6) is 0 Å². The molecule has 7 nitrogen and oxygen atoms in total. The molecule has 1 aromatic rings. The van der Waals surface area contributed by atoms with Gasteiger partial charge in [0.15, 0.2) is 8.32 Å². The van der Waals surface area contributed by atoms with E-state index in [1.807, 2.05) is 0 Å². The average molecular weight is 436 g/mol. The SMILES string of the molecule is CC(C)[Si](OCC(O)CCn1cc([N+](=O)[O-])nc1Br)(C(C)C)C(C)C. The van der Waals surface area contributed by atoms with Gasteiger partial charge in [0.2, 0.25) is 0 Å². The van der Waals surface area contributed by atoms with Crippen molar-refractivity contribution in [3.63, 3.8) is 0 Å². The molecular weight excluding hydrogens is 406 g/mol. The number of aliphatic hydroxyl groups is 1. The van der Waals surface area contributed by atoms with Crippen LogP contribution in [0.3, 0.4) is 0 Å². The van der Waals surface area contributed by atoms with Gasteiger partial charge in [-0.25, -0.2) is 0 Å². The molecule has 1 atom stereocenters. The molecular formula is C16H30BrN3O4Si. The van der Waals surface area contributed by atoms with E-state index in [4.69, 9.17) is 4.43 Å². The van der Waals surface area contributed by atoms with Gasteiger partial charge in [-0.1, -0.05) is 41.5 Å². The van der Waals surface area contributed by atoms with Crippen molar-refractivity contribution in [2.45, 2.75) is 77.2 Å². The molecule has 144 valence electrons. The Morgan fingerprint density at radius 1 is 1.28 bits per heavy atom. The summed E-state index contributed by atoms with van der Waals surface area (Å²) in [6.07, 6.45) is 1.20. The zero-order chi connectivity index (χ0) is 19.4. The summed E-state index contributed by atoms with van der Waals surface area (Å²) in [5, 5.41) is 21.1. The Kier molecular flexibility index (Phi) is 8.24. The quantitative estimate of drug-likeness (QED) is 0.331. The number of hydrogen-bond donors (Lipinski definition) is 1. The fourth-order valence-corrected chi connectivity index (χ4v) is 9.68. The van der Waals surface area contributed by atoms with Crippen molar-refractivity contribution >= 4 is 30.1 Å². The lowest BCUT2D eigenvalue weighted by Gasteiger charge is -2.42. The highest BCUT2D eigenvalue weighted by Crippen LogP contribution is 2.42. The van der Waals surface area contributed by atoms with Gasteiger partial charge < -0.3 is 19.6 Å². The molecule has 0 aromatic carbocycles. The van der Waals surface area contributed by atoms with Gasteiger partial charge in [0.05, 0.1) is 12.7 Å². The lowest BCUT2D eigenvalue weighted by atomic mass is 10.3. The molecule has 0 amide bonds. The maximum absolute atomic E-state index is 10.8. The minimum Gasteiger partial charge on any atom is -0.413 e. The Morgan fingerprint density at radius 2 is 1.80 bits per heavy atom. The first kappa shape index (κ1) is 22.3. The second kappa shape index (κ2) is 9.25. The summed E-state index contributed by atoms with van der Waals surface area (Å²) in [7, 11) is -2.00. The number of nitro groups is 1. The van der Waals surface area contributed by atoms with Gasteiger partial charge in [-0.15, -0.1) is 0 Å². The summed E-state index contributed by atoms with van der Waals surface area (Å²) in [5.74, 6) is -0.205. The van der Waals surface area contributed by atoms with Crippen LogP contribution in [0.1, 0.15) is 48.0 Å². The van der Waals surface area contributed by atoms with Crippen LogP contribution < -0.4 is 0 Å². The first-order valence-corrected chi connectivity index (χ1v) is 11.6. The first-order chi connectivity index (χ1) is 11.5. The number of rotatable bonds is 10. The normalized spacial score (nSPS) is 13.9. The molecule has 1 heterocycles. The van der Waals surface area contributed by atoms with Crippen molar-refractivity contribution in [2.75, 3.05) is 6.61 Å². The van der Waals surface area contributed by atoms with Crippen LogP contribution in [0.4, 0.5) is 5.82 Å². The predicted octanol–water partition coefficient (Wildman–Crippen LogP) is 4.50. The fourth-order valence-electron chi connectivity index (χ4n) is 3.74. The lowest BCUT2D eigenvalue weighted by molar-refractivity contribution is -0.389. The van der Waals surface area contributed by atoms with Crippen LogP contribution in [0.15, 0.2) is 10.9 Å². The second-order valence-electron chi connectivity index (χ2n) is 7.39. The minimum absolute atomic E-state index is 0.205. The molecule has 9 heteroatoms. The summed E-state index contributed by atoms with van der Waals surface area (Å²) in [6.45, 7) is 14.0. The van der Waals surface area contributed by atoms with Gasteiger partial charge in [0, 0.05) is 22.5 Å². The molecule has 0 aliphatic rings. The van der Waals surface area contributed by atoms with Gasteiger partial charge in [-0.05, 0) is 33.0 Å². The number of aliphatic hydroxyl groups excluding tert-OH is 1. The summed E-state index contributed by atoms with van der Waals surface area (Å²) in [5.41, 5.74) is 1.39. The van der Waals surface area contributed by atoms with Gasteiger partial charge in [-0.3, -0.25) is 4.57 Å². The van der Waals surface area contributed by atoms with Crippen LogP contribution in [0, 0.1) is 10.1 Å². The first-order valence-electron chi connectivity index (χ1n) is 8.71. The number of hydrogen-bond acceptors (Lipinski definition) is 5. The van der Waals surface area contributed by atoms with Crippen LogP contribution in [0.25, 0.3) is 0 Å². The van der Waals surface area contributed by atoms with Crippen LogP contribution in [0.2, 0.25) is 16.6 Å². The lowest BCUT2D eigenvalue weighted by Crippen LogP contribution is -2.49. The molecule has 1 unspecified atom stereocenters. The Labute approximate surface area is 159 Å². The molecule has 25 heavy (non-hydrogen) atoms. The highest BCUT2D eigenvalue weighted by Gasteiger charge is 2.45. The zero-order valence-electron chi connectivity index (χ0n) is 15.9. The Morgan fingerprint density at radius 3 is 2.20 bits per heavy atom. The average Bonchev–Trinajstić information content (AvgIpc) is 2.86. The molecule has 1 rings (SSSR count). The van der Waals surface area contributed by atoms with Crippen molar-refractivity contribution in [1.82, 2.24) is 9.55 Å². The summed E-state index contributed by atoms with van der Waals surface area (Å²) in [4.78, 5) is 14.0. The van der Waals surface area contributed by atoms with Crippen molar-refractivity contribution in [2.24, 2.45) is 0 Å². The van der Waals surface area contributed by atoms with E-state index < -0.39 is 19.3 Å². The molecule has 1 N–H and O–H groups in total. The van der Waals surface area contributed by atoms with E-state index in [0.29, 0.717) is 40.9 Å². The van der Waals surface area contributed by atoms with E-state index in [9.17, 15) is 15.2 Å². The third-order valence-electron chi connectivity index (χ3n) is 4.84. The van der Waals surface area contributed by atoms with Crippen molar-refractivity contribution < 1.29 is 14.5 Å². The third kappa shape index (κ3) is 5.35. The van der Waals surface area contributed by atoms with Gasteiger partial charge in [0.1, 0.15) is 6.20 Å². The monoisotopic (exact) mass is 435 g/mol. The molecule has 0 saturated heterocycles. The molecule has 0 aliphatic heterocycles. The highest BCUT2D eigenvalue weighted by molar-refractivity contribution is 9.10. The number of aromatic nitrogens is 2. The molecule has 0 bridgehead atoms. The molecule has 0 saturated carbocycles. The highest BCUT2D eigenvalue weighted by atomic mass is 79.9. The maximum atomic E-state index is 10.8. The predicted molar refractivity (Wildman–Crippen MR) is 104 cm³/mol. The van der Waals surface area contributed by atoms with Crippen LogP contribution in [-0.4, -0.2) is 40.6 Å². The molecule has 0 spiro atoms. The fraction of sp³-hybridized carbons (Fsp3) is 0.812. The summed E-state index contributed by atoms with van der Waals surface area (Å²) in [6, 6.07) is 0. The molecule has 1 aromatic heterocycles. The van der Waals surface area contributed by atoms with Gasteiger partial charge in [0.25, 0.3) is 4.73 Å². The minimum atomic E-state index is -2.00. The van der Waals surface area contributed by atoms with Gasteiger partial charge in [-0.2, -0.15) is 0 Å². The van der Waals surface area contributed by atoms with Crippen molar-refractivity contribution in [3.05, 3.63) is 21.0 Å². The standard InChI is InChI=1S/C16H30BrN3O4Si/c1-11(2)25(12(3)4,13(5)6)24-10-14(21)7-8-19-9-15(20(22)23)18-16(19)17/h9,11-14,21H,7-8,10H2,1-6H3. The molecule has 0 fully saturated rings. The maximum Gasteiger partial charge on any atom is 0.382 e. The summed E-state index contributed by atoms with van der Waals surface area (Å²) < 4.78 is 8.40. The third-order valence-corrected chi connectivity index (χ3v) is 11.6. The number of halogens is 1. The van der Waals surface area contributed by atoms with E-state index in [-0.39, 0.29) is 5.82 Å². The van der Waals surface area contributed by atoms with E-state index in [1.165, 1.54) is 6.20 Å². The van der Waals surface area contributed by atoms with Crippen LogP contribution in [-0.2, 0) is 11.0 Å². The zero-order valence-corrected chi connectivity index (χ0v) is 18.5. The Balaban J connectivity index is 2.67. The van der Waals surface area contributed by atoms with E-state index in [0.717, 1.165) is 0 Å². The van der Waals surface area contributed by atoms with Crippen molar-refractivity contribution in [3.8, 4) is 0 Å². The van der Waals surface area contributed by atoms with E-state index in [2.05, 4.69) is 62.5 Å². The van der Waals surface area contributed by atoms with E-state index >= 15 is 0 Å². The van der Waals surface area contributed by atoms with E-state index in [1.54, 1.807) is 4.57 Å². The number of aryl methyl sites for hydroxylation is 1. The van der Waals surface area contributed by atoms with Crippen molar-refractivity contribution in [1.29, 1.82) is 0 Å². The Bertz CT molecular complexity index is 556. The summed E-state index contributed by atoms with van der Waals surface area (Å²) >= 11 is 3.20. The number of nitrogens with zero attached hydrogens (tertiary/aromatic N) is 3. The Hall–Kier alpha value is -0.773. The molecule has 0 radical (unpaired) electrons. The second-order valence-corrected chi connectivity index (χ2v) is 13.6.